The van der Waals surface area contributed by atoms with Gasteiger partial charge < -0.3 is 14.8 Å². The Kier molecular flexibility index (Phi) is 4.47. The molecule has 5 heteroatoms. The van der Waals surface area contributed by atoms with Crippen molar-refractivity contribution in [2.45, 2.75) is 44.4 Å². The van der Waals surface area contributed by atoms with Crippen molar-refractivity contribution < 1.29 is 9.52 Å². The van der Waals surface area contributed by atoms with Gasteiger partial charge in [-0.3, -0.25) is 0 Å². The number of nitrogens with one attached hydrogen (secondary N) is 1. The Balaban J connectivity index is 1.82. The van der Waals surface area contributed by atoms with Gasteiger partial charge in [-0.2, -0.15) is 0 Å². The molecule has 3 nitrogen and oxygen atoms in total. The third kappa shape index (κ3) is 3.32. The SMILES string of the molecule is OC1CCCC(NCc2cc(Br)c(Br)o2)C1. The van der Waals surface area contributed by atoms with Gasteiger partial charge in [-0.05, 0) is 63.6 Å². The summed E-state index contributed by atoms with van der Waals surface area (Å²) >= 11 is 6.69. The molecule has 1 saturated carbocycles. The van der Waals surface area contributed by atoms with Crippen molar-refractivity contribution in [2.24, 2.45) is 0 Å². The molecule has 0 amide bonds. The molecule has 16 heavy (non-hydrogen) atoms. The van der Waals surface area contributed by atoms with Crippen molar-refractivity contribution in [3.63, 3.8) is 0 Å². The van der Waals surface area contributed by atoms with Gasteiger partial charge in [0.05, 0.1) is 17.1 Å². The first kappa shape index (κ1) is 12.6. The van der Waals surface area contributed by atoms with Crippen LogP contribution in [0.4, 0.5) is 0 Å². The molecule has 0 radical (unpaired) electrons. The van der Waals surface area contributed by atoms with Gasteiger partial charge in [0.1, 0.15) is 5.76 Å². The Hall–Kier alpha value is 0.160. The minimum absolute atomic E-state index is 0.138. The van der Waals surface area contributed by atoms with Crippen LogP contribution in [0.5, 0.6) is 0 Å². The normalized spacial score (nSPS) is 25.9. The molecular formula is C11H15Br2NO2. The molecule has 90 valence electrons. The second kappa shape index (κ2) is 5.67. The molecule has 1 aliphatic rings. The van der Waals surface area contributed by atoms with E-state index in [2.05, 4.69) is 37.2 Å². The summed E-state index contributed by atoms with van der Waals surface area (Å²) in [6, 6.07) is 2.36. The first-order valence-electron chi connectivity index (χ1n) is 5.50. The van der Waals surface area contributed by atoms with Gasteiger partial charge in [-0.15, -0.1) is 0 Å². The van der Waals surface area contributed by atoms with Crippen LogP contribution in [-0.4, -0.2) is 17.3 Å². The molecule has 0 spiro atoms. The van der Waals surface area contributed by atoms with Crippen LogP contribution >= 0.6 is 31.9 Å². The molecule has 1 aromatic heterocycles. The van der Waals surface area contributed by atoms with E-state index in [-0.39, 0.29) is 6.10 Å². The number of aliphatic hydroxyl groups excluding tert-OH is 1. The van der Waals surface area contributed by atoms with E-state index in [0.29, 0.717) is 12.6 Å². The van der Waals surface area contributed by atoms with Crippen LogP contribution in [0.25, 0.3) is 0 Å². The van der Waals surface area contributed by atoms with Gasteiger partial charge in [0.2, 0.25) is 0 Å². The van der Waals surface area contributed by atoms with Crippen LogP contribution < -0.4 is 5.32 Å². The number of hydrogen-bond acceptors (Lipinski definition) is 3. The molecule has 2 N–H and O–H groups in total. The molecular weight excluding hydrogens is 338 g/mol. The van der Waals surface area contributed by atoms with Crippen LogP contribution in [0, 0.1) is 0 Å². The molecule has 2 atom stereocenters. The third-order valence-electron chi connectivity index (χ3n) is 2.91. The fourth-order valence-corrected chi connectivity index (χ4v) is 2.73. The second-order valence-corrected chi connectivity index (χ2v) is 5.81. The van der Waals surface area contributed by atoms with Crippen molar-refractivity contribution in [1.82, 2.24) is 5.32 Å². The summed E-state index contributed by atoms with van der Waals surface area (Å²) in [7, 11) is 0. The monoisotopic (exact) mass is 351 g/mol. The van der Waals surface area contributed by atoms with E-state index in [4.69, 9.17) is 4.42 Å². The number of halogens is 2. The Morgan fingerprint density at radius 1 is 1.44 bits per heavy atom. The standard InChI is InChI=1S/C11H15Br2NO2/c12-10-5-9(16-11(10)13)6-14-7-2-1-3-8(15)4-7/h5,7-8,14-15H,1-4,6H2. The highest BCUT2D eigenvalue weighted by Crippen LogP contribution is 2.27. The molecule has 0 bridgehead atoms. The molecule has 2 rings (SSSR count). The molecule has 0 saturated heterocycles. The Labute approximate surface area is 112 Å². The van der Waals surface area contributed by atoms with Crippen molar-refractivity contribution >= 4 is 31.9 Å². The van der Waals surface area contributed by atoms with Crippen LogP contribution in [0.1, 0.15) is 31.4 Å². The van der Waals surface area contributed by atoms with E-state index in [1.54, 1.807) is 0 Å². The zero-order chi connectivity index (χ0) is 11.5. The van der Waals surface area contributed by atoms with E-state index >= 15 is 0 Å². The zero-order valence-corrected chi connectivity index (χ0v) is 12.1. The number of hydrogen-bond donors (Lipinski definition) is 2. The quantitative estimate of drug-likeness (QED) is 0.878. The lowest BCUT2D eigenvalue weighted by Gasteiger charge is -2.26. The van der Waals surface area contributed by atoms with E-state index in [0.717, 1.165) is 40.6 Å². The first-order chi connectivity index (χ1) is 7.65. The van der Waals surface area contributed by atoms with Gasteiger partial charge in [-0.1, -0.05) is 0 Å². The Morgan fingerprint density at radius 3 is 2.88 bits per heavy atom. The van der Waals surface area contributed by atoms with Gasteiger partial charge in [0, 0.05) is 6.04 Å². The highest BCUT2D eigenvalue weighted by Gasteiger charge is 2.19. The number of rotatable bonds is 3. The predicted octanol–water partition coefficient (Wildman–Crippen LogP) is 3.20. The third-order valence-corrected chi connectivity index (χ3v) is 4.62. The fraction of sp³-hybridized carbons (Fsp3) is 0.636. The van der Waals surface area contributed by atoms with Crippen molar-refractivity contribution in [3.8, 4) is 0 Å². The lowest BCUT2D eigenvalue weighted by molar-refractivity contribution is 0.111. The highest BCUT2D eigenvalue weighted by molar-refractivity contribution is 9.13. The molecule has 1 fully saturated rings. The van der Waals surface area contributed by atoms with Gasteiger partial charge in [-0.25, -0.2) is 0 Å². The average molecular weight is 353 g/mol. The molecule has 1 aliphatic carbocycles. The molecule has 0 aliphatic heterocycles. The summed E-state index contributed by atoms with van der Waals surface area (Å²) < 4.78 is 7.14. The van der Waals surface area contributed by atoms with Crippen molar-refractivity contribution in [3.05, 3.63) is 21.0 Å². The Morgan fingerprint density at radius 2 is 2.25 bits per heavy atom. The first-order valence-corrected chi connectivity index (χ1v) is 7.09. The molecule has 0 aromatic carbocycles. The topological polar surface area (TPSA) is 45.4 Å². The van der Waals surface area contributed by atoms with E-state index < -0.39 is 0 Å². The molecule has 1 aromatic rings. The summed E-state index contributed by atoms with van der Waals surface area (Å²) in [6.07, 6.45) is 3.89. The fourth-order valence-electron chi connectivity index (χ4n) is 2.07. The molecule has 2 unspecified atom stereocenters. The second-order valence-electron chi connectivity index (χ2n) is 4.23. The van der Waals surface area contributed by atoms with E-state index in [1.165, 1.54) is 0 Å². The van der Waals surface area contributed by atoms with Crippen LogP contribution in [-0.2, 0) is 6.54 Å². The van der Waals surface area contributed by atoms with Gasteiger partial charge >= 0.3 is 0 Å². The lowest BCUT2D eigenvalue weighted by Crippen LogP contribution is -2.35. The van der Waals surface area contributed by atoms with Crippen molar-refractivity contribution in [1.29, 1.82) is 0 Å². The number of aliphatic hydroxyl groups is 1. The van der Waals surface area contributed by atoms with E-state index in [1.807, 2.05) is 6.07 Å². The highest BCUT2D eigenvalue weighted by atomic mass is 79.9. The lowest BCUT2D eigenvalue weighted by atomic mass is 9.93. The zero-order valence-electron chi connectivity index (χ0n) is 8.88. The predicted molar refractivity (Wildman–Crippen MR) is 69.2 cm³/mol. The van der Waals surface area contributed by atoms with Gasteiger partial charge in [0.15, 0.2) is 4.67 Å². The summed E-state index contributed by atoms with van der Waals surface area (Å²) in [5.74, 6) is 0.902. The van der Waals surface area contributed by atoms with Crippen LogP contribution in [0.3, 0.4) is 0 Å². The number of furan rings is 1. The maximum absolute atomic E-state index is 9.55. The summed E-state index contributed by atoms with van der Waals surface area (Å²) in [6.45, 7) is 0.710. The van der Waals surface area contributed by atoms with Crippen LogP contribution in [0.15, 0.2) is 19.6 Å². The van der Waals surface area contributed by atoms with Gasteiger partial charge in [0.25, 0.3) is 0 Å². The Bertz CT molecular complexity index is 334. The van der Waals surface area contributed by atoms with Crippen LogP contribution in [0.2, 0.25) is 0 Å². The maximum atomic E-state index is 9.55. The van der Waals surface area contributed by atoms with Crippen molar-refractivity contribution in [2.75, 3.05) is 0 Å². The average Bonchev–Trinajstić information content (AvgIpc) is 2.56. The minimum Gasteiger partial charge on any atom is -0.452 e. The van der Waals surface area contributed by atoms with E-state index in [9.17, 15) is 5.11 Å². The molecule has 1 heterocycles. The summed E-state index contributed by atoms with van der Waals surface area (Å²) in [5.41, 5.74) is 0. The smallest absolute Gasteiger partial charge is 0.183 e. The summed E-state index contributed by atoms with van der Waals surface area (Å²) in [5, 5.41) is 13.0. The minimum atomic E-state index is -0.138. The largest absolute Gasteiger partial charge is 0.452 e. The maximum Gasteiger partial charge on any atom is 0.183 e. The summed E-state index contributed by atoms with van der Waals surface area (Å²) in [4.78, 5) is 0.